The lowest BCUT2D eigenvalue weighted by molar-refractivity contribution is -0.130. The average molecular weight is 413 g/mol. The molecule has 8 heteroatoms. The van der Waals surface area contributed by atoms with Gasteiger partial charge in [0.25, 0.3) is 0 Å². The molecule has 0 unspecified atom stereocenters. The highest BCUT2D eigenvalue weighted by atomic mass is 35.5. The van der Waals surface area contributed by atoms with Gasteiger partial charge in [0, 0.05) is 13.1 Å². The monoisotopic (exact) mass is 412 g/mol. The highest BCUT2D eigenvalue weighted by Gasteiger charge is 2.28. The van der Waals surface area contributed by atoms with Crippen LogP contribution in [-0.4, -0.2) is 38.6 Å². The van der Waals surface area contributed by atoms with E-state index in [0.717, 1.165) is 22.5 Å². The van der Waals surface area contributed by atoms with Crippen LogP contribution in [0.25, 0.3) is 0 Å². The Hall–Kier alpha value is -1.76. The van der Waals surface area contributed by atoms with Gasteiger partial charge in [-0.15, -0.1) is 0 Å². The zero-order chi connectivity index (χ0) is 18.9. The van der Waals surface area contributed by atoms with E-state index in [1.807, 2.05) is 24.3 Å². The summed E-state index contributed by atoms with van der Waals surface area (Å²) in [6.07, 6.45) is 1.79. The number of carbonyl (C=O) groups excluding carboxylic acids is 1. The zero-order valence-corrected chi connectivity index (χ0v) is 16.5. The average Bonchev–Trinajstić information content (AvgIpc) is 2.61. The molecule has 3 rings (SSSR count). The predicted octanol–water partition coefficient (Wildman–Crippen LogP) is 3.34. The fraction of sp³-hybridized carbons (Fsp3) is 0.278. The Morgan fingerprint density at radius 3 is 2.50 bits per heavy atom. The predicted molar refractivity (Wildman–Crippen MR) is 104 cm³/mol. The Morgan fingerprint density at radius 2 is 1.81 bits per heavy atom. The topological polar surface area (TPSA) is 57.7 Å². The molecule has 138 valence electrons. The van der Waals surface area contributed by atoms with Gasteiger partial charge in [-0.05, 0) is 29.7 Å². The summed E-state index contributed by atoms with van der Waals surface area (Å²) in [4.78, 5) is 14.4. The second kappa shape index (κ2) is 7.47. The molecule has 26 heavy (non-hydrogen) atoms. The molecule has 0 radical (unpaired) electrons. The highest BCUT2D eigenvalue weighted by molar-refractivity contribution is 7.92. The normalized spacial score (nSPS) is 14.0. The fourth-order valence-corrected chi connectivity index (χ4v) is 4.30. The van der Waals surface area contributed by atoms with Gasteiger partial charge in [0.15, 0.2) is 0 Å². The van der Waals surface area contributed by atoms with Crippen molar-refractivity contribution in [1.82, 2.24) is 4.90 Å². The van der Waals surface area contributed by atoms with Gasteiger partial charge in [0.2, 0.25) is 15.9 Å². The van der Waals surface area contributed by atoms with Crippen LogP contribution in [0.15, 0.2) is 42.5 Å². The molecule has 1 heterocycles. The van der Waals surface area contributed by atoms with E-state index in [0.29, 0.717) is 13.1 Å². The molecule has 2 aromatic carbocycles. The number of amides is 1. The van der Waals surface area contributed by atoms with Gasteiger partial charge < -0.3 is 4.90 Å². The maximum Gasteiger partial charge on any atom is 0.243 e. The summed E-state index contributed by atoms with van der Waals surface area (Å²) in [5.41, 5.74) is 2.50. The molecule has 2 aromatic rings. The molecule has 0 saturated carbocycles. The van der Waals surface area contributed by atoms with Gasteiger partial charge in [-0.1, -0.05) is 53.5 Å². The minimum absolute atomic E-state index is 0.108. The first-order chi connectivity index (χ1) is 12.3. The number of sulfonamides is 1. The summed E-state index contributed by atoms with van der Waals surface area (Å²) >= 11 is 12.2. The first-order valence-electron chi connectivity index (χ1n) is 8.03. The van der Waals surface area contributed by atoms with Crippen LogP contribution in [-0.2, 0) is 27.8 Å². The number of fused-ring (bicyclic) bond motifs is 1. The lowest BCUT2D eigenvalue weighted by Crippen LogP contribution is -2.44. The lowest BCUT2D eigenvalue weighted by atomic mass is 10.00. The quantitative estimate of drug-likeness (QED) is 0.773. The largest absolute Gasteiger partial charge is 0.336 e. The molecule has 0 N–H and O–H groups in total. The SMILES string of the molecule is CS(=O)(=O)N(CC(=O)N1CCc2ccccc2C1)c1cccc(Cl)c1Cl. The summed E-state index contributed by atoms with van der Waals surface area (Å²) in [5, 5.41) is 0.341. The lowest BCUT2D eigenvalue weighted by Gasteiger charge is -2.31. The van der Waals surface area contributed by atoms with Gasteiger partial charge in [-0.25, -0.2) is 8.42 Å². The van der Waals surface area contributed by atoms with E-state index in [2.05, 4.69) is 0 Å². The number of rotatable bonds is 4. The van der Waals surface area contributed by atoms with Crippen molar-refractivity contribution in [2.24, 2.45) is 0 Å². The molecular weight excluding hydrogens is 395 g/mol. The summed E-state index contributed by atoms with van der Waals surface area (Å²) < 4.78 is 25.5. The Morgan fingerprint density at radius 1 is 1.12 bits per heavy atom. The van der Waals surface area contributed by atoms with Crippen LogP contribution in [0.4, 0.5) is 5.69 Å². The van der Waals surface area contributed by atoms with Crippen LogP contribution >= 0.6 is 23.2 Å². The number of halogens is 2. The third-order valence-electron chi connectivity index (χ3n) is 4.36. The number of benzene rings is 2. The van der Waals surface area contributed by atoms with Crippen molar-refractivity contribution >= 4 is 44.8 Å². The fourth-order valence-electron chi connectivity index (χ4n) is 3.00. The second-order valence-electron chi connectivity index (χ2n) is 6.18. The van der Waals surface area contributed by atoms with E-state index in [9.17, 15) is 13.2 Å². The molecule has 1 amide bonds. The molecule has 0 bridgehead atoms. The van der Waals surface area contributed by atoms with Crippen LogP contribution in [0, 0.1) is 0 Å². The van der Waals surface area contributed by atoms with Crippen LogP contribution in [0.5, 0.6) is 0 Å². The molecule has 0 aromatic heterocycles. The summed E-state index contributed by atoms with van der Waals surface area (Å²) in [7, 11) is -3.71. The molecule has 0 saturated heterocycles. The maximum atomic E-state index is 12.8. The van der Waals surface area contributed by atoms with Crippen molar-refractivity contribution < 1.29 is 13.2 Å². The van der Waals surface area contributed by atoms with Gasteiger partial charge >= 0.3 is 0 Å². The molecular formula is C18H18Cl2N2O3S. The molecule has 1 aliphatic heterocycles. The molecule has 0 fully saturated rings. The van der Waals surface area contributed by atoms with E-state index in [-0.39, 0.29) is 28.2 Å². The van der Waals surface area contributed by atoms with Crippen molar-refractivity contribution in [2.45, 2.75) is 13.0 Å². The maximum absolute atomic E-state index is 12.8. The van der Waals surface area contributed by atoms with E-state index in [4.69, 9.17) is 23.2 Å². The van der Waals surface area contributed by atoms with Gasteiger partial charge in [-0.3, -0.25) is 9.10 Å². The minimum Gasteiger partial charge on any atom is -0.336 e. The first kappa shape index (κ1) is 19.0. The molecule has 0 spiro atoms. The molecule has 0 atom stereocenters. The Kier molecular flexibility index (Phi) is 5.46. The smallest absolute Gasteiger partial charge is 0.243 e. The number of nitrogens with zero attached hydrogens (tertiary/aromatic N) is 2. The van der Waals surface area contributed by atoms with Crippen LogP contribution in [0.1, 0.15) is 11.1 Å². The third kappa shape index (κ3) is 3.98. The van der Waals surface area contributed by atoms with Crippen molar-refractivity contribution in [3.05, 3.63) is 63.6 Å². The molecule has 0 aliphatic carbocycles. The van der Waals surface area contributed by atoms with Crippen LogP contribution in [0.2, 0.25) is 10.0 Å². The number of hydrogen-bond donors (Lipinski definition) is 0. The summed E-state index contributed by atoms with van der Waals surface area (Å²) in [6, 6.07) is 12.6. The molecule has 1 aliphatic rings. The second-order valence-corrected chi connectivity index (χ2v) is 8.87. The van der Waals surface area contributed by atoms with E-state index < -0.39 is 10.0 Å². The van der Waals surface area contributed by atoms with Gasteiger partial charge in [0.1, 0.15) is 6.54 Å². The Balaban J connectivity index is 1.84. The van der Waals surface area contributed by atoms with E-state index in [1.54, 1.807) is 17.0 Å². The summed E-state index contributed by atoms with van der Waals surface area (Å²) in [6.45, 7) is 0.702. The number of anilines is 1. The van der Waals surface area contributed by atoms with Crippen molar-refractivity contribution in [1.29, 1.82) is 0 Å². The van der Waals surface area contributed by atoms with E-state index >= 15 is 0 Å². The van der Waals surface area contributed by atoms with Crippen LogP contribution in [0.3, 0.4) is 0 Å². The highest BCUT2D eigenvalue weighted by Crippen LogP contribution is 2.33. The van der Waals surface area contributed by atoms with Crippen molar-refractivity contribution in [2.75, 3.05) is 23.7 Å². The molecule has 5 nitrogen and oxygen atoms in total. The third-order valence-corrected chi connectivity index (χ3v) is 6.30. The number of hydrogen-bond acceptors (Lipinski definition) is 3. The summed E-state index contributed by atoms with van der Waals surface area (Å²) in [5.74, 6) is -0.277. The minimum atomic E-state index is -3.71. The number of carbonyl (C=O) groups is 1. The van der Waals surface area contributed by atoms with Gasteiger partial charge in [0.05, 0.1) is 22.0 Å². The Bertz CT molecular complexity index is 947. The first-order valence-corrected chi connectivity index (χ1v) is 10.6. The van der Waals surface area contributed by atoms with Crippen molar-refractivity contribution in [3.8, 4) is 0 Å². The van der Waals surface area contributed by atoms with Crippen LogP contribution < -0.4 is 4.31 Å². The van der Waals surface area contributed by atoms with E-state index in [1.165, 1.54) is 11.6 Å². The van der Waals surface area contributed by atoms with Gasteiger partial charge in [-0.2, -0.15) is 0 Å². The van der Waals surface area contributed by atoms with Crippen molar-refractivity contribution in [3.63, 3.8) is 0 Å². The standard InChI is InChI=1S/C18H18Cl2N2O3S/c1-26(24,25)22(16-8-4-7-15(19)18(16)20)12-17(23)21-10-9-13-5-2-3-6-14(13)11-21/h2-8H,9-12H2,1H3. The Labute approximate surface area is 163 Å². The zero-order valence-electron chi connectivity index (χ0n) is 14.2.